The molecule has 1 N–H and O–H groups in total. The van der Waals surface area contributed by atoms with E-state index in [4.69, 9.17) is 0 Å². The predicted molar refractivity (Wildman–Crippen MR) is 67.9 cm³/mol. The molecule has 1 atom stereocenters. The number of nitrogens with zero attached hydrogens (tertiary/aromatic N) is 2. The lowest BCUT2D eigenvalue weighted by Crippen LogP contribution is -2.49. The van der Waals surface area contributed by atoms with Crippen LogP contribution in [-0.4, -0.2) is 54.9 Å². The molecule has 0 heterocycles. The van der Waals surface area contributed by atoms with Crippen LogP contribution in [0.2, 0.25) is 0 Å². The van der Waals surface area contributed by atoms with Gasteiger partial charge in [0, 0.05) is 26.7 Å². The van der Waals surface area contributed by atoms with Crippen molar-refractivity contribution in [1.29, 1.82) is 0 Å². The van der Waals surface area contributed by atoms with Crippen LogP contribution in [0.1, 0.15) is 39.0 Å². The van der Waals surface area contributed by atoms with Gasteiger partial charge in [-0.1, -0.05) is 19.3 Å². The highest BCUT2D eigenvalue weighted by Gasteiger charge is 2.33. The van der Waals surface area contributed by atoms with Gasteiger partial charge in [0.2, 0.25) is 0 Å². The van der Waals surface area contributed by atoms with Crippen molar-refractivity contribution < 1.29 is 13.5 Å². The number of aliphatic hydroxyl groups excluding tert-OH is 1. The van der Waals surface area contributed by atoms with Crippen LogP contribution in [0.3, 0.4) is 0 Å². The molecule has 0 aromatic heterocycles. The molecule has 0 saturated heterocycles. The van der Waals surface area contributed by atoms with E-state index in [1.807, 2.05) is 0 Å². The zero-order valence-corrected chi connectivity index (χ0v) is 11.8. The van der Waals surface area contributed by atoms with Crippen molar-refractivity contribution in [3.05, 3.63) is 0 Å². The fraction of sp³-hybridized carbons (Fsp3) is 1.00. The summed E-state index contributed by atoms with van der Waals surface area (Å²) in [6.07, 6.45) is 4.50. The minimum Gasteiger partial charge on any atom is -0.392 e. The van der Waals surface area contributed by atoms with Gasteiger partial charge in [-0.3, -0.25) is 0 Å². The molecule has 1 rings (SSSR count). The quantitative estimate of drug-likeness (QED) is 0.799. The van der Waals surface area contributed by atoms with Gasteiger partial charge in [-0.15, -0.1) is 0 Å². The number of hydrogen-bond donors (Lipinski definition) is 1. The summed E-state index contributed by atoms with van der Waals surface area (Å²) in [5, 5.41) is 9.47. The molecule has 102 valence electrons. The van der Waals surface area contributed by atoms with Gasteiger partial charge in [-0.25, -0.2) is 0 Å². The molecule has 0 amide bonds. The summed E-state index contributed by atoms with van der Waals surface area (Å²) in [5.74, 6) is 0. The van der Waals surface area contributed by atoms with Gasteiger partial charge < -0.3 is 5.11 Å². The van der Waals surface area contributed by atoms with Crippen LogP contribution in [0, 0.1) is 0 Å². The van der Waals surface area contributed by atoms with Gasteiger partial charge >= 0.3 is 0 Å². The monoisotopic (exact) mass is 264 g/mol. The SMILES string of the molecule is CC(O)CN(C1CCCCC1)S(=O)(=O)N(C)C. The zero-order valence-electron chi connectivity index (χ0n) is 11.0. The lowest BCUT2D eigenvalue weighted by Gasteiger charge is -2.35. The van der Waals surface area contributed by atoms with Crippen molar-refractivity contribution in [1.82, 2.24) is 8.61 Å². The topological polar surface area (TPSA) is 60.9 Å². The molecule has 0 aromatic rings. The van der Waals surface area contributed by atoms with Gasteiger partial charge in [0.05, 0.1) is 6.10 Å². The van der Waals surface area contributed by atoms with Crippen LogP contribution in [0.4, 0.5) is 0 Å². The van der Waals surface area contributed by atoms with E-state index in [1.54, 1.807) is 6.92 Å². The minimum absolute atomic E-state index is 0.0470. The van der Waals surface area contributed by atoms with E-state index in [-0.39, 0.29) is 12.6 Å². The standard InChI is InChI=1S/C11H24N2O3S/c1-10(14)9-13(17(15,16)12(2)3)11-7-5-4-6-8-11/h10-11,14H,4-9H2,1-3H3. The highest BCUT2D eigenvalue weighted by molar-refractivity contribution is 7.86. The van der Waals surface area contributed by atoms with Gasteiger partial charge in [0.25, 0.3) is 10.2 Å². The lowest BCUT2D eigenvalue weighted by molar-refractivity contribution is 0.132. The third kappa shape index (κ3) is 3.91. The number of aliphatic hydroxyl groups is 1. The summed E-state index contributed by atoms with van der Waals surface area (Å²) in [6.45, 7) is 1.81. The van der Waals surface area contributed by atoms with Crippen molar-refractivity contribution in [3.63, 3.8) is 0 Å². The summed E-state index contributed by atoms with van der Waals surface area (Å²) in [6, 6.07) is 0.0470. The van der Waals surface area contributed by atoms with Crippen LogP contribution in [0.25, 0.3) is 0 Å². The second-order valence-corrected chi connectivity index (χ2v) is 7.10. The zero-order chi connectivity index (χ0) is 13.1. The maximum absolute atomic E-state index is 12.2. The minimum atomic E-state index is -3.43. The molecule has 1 fully saturated rings. The number of hydrogen-bond acceptors (Lipinski definition) is 3. The second kappa shape index (κ2) is 6.13. The maximum Gasteiger partial charge on any atom is 0.281 e. The summed E-state index contributed by atoms with van der Waals surface area (Å²) in [7, 11) is -0.357. The first-order valence-corrected chi connectivity index (χ1v) is 7.62. The lowest BCUT2D eigenvalue weighted by atomic mass is 9.95. The molecular weight excluding hydrogens is 240 g/mol. The second-order valence-electron chi connectivity index (χ2n) is 5.00. The Hall–Kier alpha value is -0.170. The molecule has 1 aliphatic carbocycles. The smallest absolute Gasteiger partial charge is 0.281 e. The van der Waals surface area contributed by atoms with Gasteiger partial charge in [0.15, 0.2) is 0 Å². The first-order chi connectivity index (χ1) is 7.85. The first-order valence-electron chi connectivity index (χ1n) is 6.23. The van der Waals surface area contributed by atoms with Crippen molar-refractivity contribution >= 4 is 10.2 Å². The Labute approximate surface area is 105 Å². The first kappa shape index (κ1) is 14.9. The molecule has 1 unspecified atom stereocenters. The van der Waals surface area contributed by atoms with E-state index in [1.165, 1.54) is 29.1 Å². The van der Waals surface area contributed by atoms with Crippen molar-refractivity contribution in [3.8, 4) is 0 Å². The molecule has 0 spiro atoms. The summed E-state index contributed by atoms with van der Waals surface area (Å²) >= 11 is 0. The largest absolute Gasteiger partial charge is 0.392 e. The molecule has 1 saturated carbocycles. The van der Waals surface area contributed by atoms with Gasteiger partial charge in [0.1, 0.15) is 0 Å². The Bertz CT molecular complexity index is 322. The van der Waals surface area contributed by atoms with Crippen molar-refractivity contribution in [2.75, 3.05) is 20.6 Å². The summed E-state index contributed by atoms with van der Waals surface area (Å²) in [4.78, 5) is 0. The van der Waals surface area contributed by atoms with E-state index >= 15 is 0 Å². The fourth-order valence-electron chi connectivity index (χ4n) is 2.27. The summed E-state index contributed by atoms with van der Waals surface area (Å²) < 4.78 is 27.1. The van der Waals surface area contributed by atoms with Crippen LogP contribution in [-0.2, 0) is 10.2 Å². The average molecular weight is 264 g/mol. The highest BCUT2D eigenvalue weighted by atomic mass is 32.2. The molecule has 1 aliphatic rings. The Morgan fingerprint density at radius 3 is 2.18 bits per heavy atom. The van der Waals surface area contributed by atoms with Crippen molar-refractivity contribution in [2.45, 2.75) is 51.2 Å². The molecular formula is C11H24N2O3S. The van der Waals surface area contributed by atoms with E-state index in [0.29, 0.717) is 0 Å². The third-order valence-electron chi connectivity index (χ3n) is 3.18. The molecule has 17 heavy (non-hydrogen) atoms. The van der Waals surface area contributed by atoms with E-state index in [2.05, 4.69) is 0 Å². The Morgan fingerprint density at radius 1 is 1.24 bits per heavy atom. The Balaban J connectivity index is 2.86. The molecule has 0 aromatic carbocycles. The maximum atomic E-state index is 12.2. The van der Waals surface area contributed by atoms with E-state index < -0.39 is 16.3 Å². The molecule has 5 nitrogen and oxygen atoms in total. The Kier molecular flexibility index (Phi) is 5.37. The van der Waals surface area contributed by atoms with Gasteiger partial charge in [-0.05, 0) is 19.8 Å². The van der Waals surface area contributed by atoms with Crippen LogP contribution in [0.15, 0.2) is 0 Å². The number of rotatable bonds is 5. The predicted octanol–water partition coefficient (Wildman–Crippen LogP) is 0.808. The van der Waals surface area contributed by atoms with Gasteiger partial charge in [-0.2, -0.15) is 17.0 Å². The fourth-order valence-corrected chi connectivity index (χ4v) is 3.68. The van der Waals surface area contributed by atoms with Crippen molar-refractivity contribution in [2.24, 2.45) is 0 Å². The van der Waals surface area contributed by atoms with Crippen LogP contribution >= 0.6 is 0 Å². The third-order valence-corrected chi connectivity index (χ3v) is 5.15. The van der Waals surface area contributed by atoms with E-state index in [0.717, 1.165) is 25.7 Å². The Morgan fingerprint density at radius 2 is 1.76 bits per heavy atom. The van der Waals surface area contributed by atoms with Crippen LogP contribution in [0.5, 0.6) is 0 Å². The van der Waals surface area contributed by atoms with Crippen LogP contribution < -0.4 is 0 Å². The normalized spacial score (nSPS) is 21.1. The molecule has 0 bridgehead atoms. The highest BCUT2D eigenvalue weighted by Crippen LogP contribution is 2.25. The molecule has 0 aliphatic heterocycles. The molecule has 0 radical (unpaired) electrons. The van der Waals surface area contributed by atoms with E-state index in [9.17, 15) is 13.5 Å². The molecule has 6 heteroatoms. The summed E-state index contributed by atoms with van der Waals surface area (Å²) in [5.41, 5.74) is 0. The average Bonchev–Trinajstić information content (AvgIpc) is 2.26.